The summed E-state index contributed by atoms with van der Waals surface area (Å²) in [4.78, 5) is 4.31. The predicted molar refractivity (Wildman–Crippen MR) is 71.1 cm³/mol. The summed E-state index contributed by atoms with van der Waals surface area (Å²) >= 11 is 1.65. The highest BCUT2D eigenvalue weighted by Crippen LogP contribution is 2.34. The van der Waals surface area contributed by atoms with Crippen LogP contribution in [0, 0.1) is 5.82 Å². The maximum Gasteiger partial charge on any atom is 0.126 e. The first kappa shape index (κ1) is 11.8. The Bertz CT molecular complexity index is 539. The van der Waals surface area contributed by atoms with E-state index in [1.54, 1.807) is 23.5 Å². The Labute approximate surface area is 110 Å². The lowest BCUT2D eigenvalue weighted by atomic mass is 10.1. The molecule has 2 atom stereocenters. The standard InChI is InChI=1S/C14H15FN2S/c1-9(14-16-7-8-18-14)17-13-6-5-10-11(13)3-2-4-12(10)15/h2-4,7-9,13,17H,5-6H2,1H3. The minimum absolute atomic E-state index is 0.0706. The Kier molecular flexibility index (Phi) is 3.14. The Hall–Kier alpha value is -1.26. The molecule has 0 aliphatic heterocycles. The highest BCUT2D eigenvalue weighted by Gasteiger charge is 2.26. The fourth-order valence-corrected chi connectivity index (χ4v) is 3.26. The summed E-state index contributed by atoms with van der Waals surface area (Å²) in [7, 11) is 0. The molecule has 18 heavy (non-hydrogen) atoms. The Morgan fingerprint density at radius 2 is 2.39 bits per heavy atom. The average molecular weight is 262 g/mol. The summed E-state index contributed by atoms with van der Waals surface area (Å²) in [5, 5.41) is 6.61. The minimum Gasteiger partial charge on any atom is -0.301 e. The van der Waals surface area contributed by atoms with Crippen molar-refractivity contribution in [1.82, 2.24) is 10.3 Å². The quantitative estimate of drug-likeness (QED) is 0.913. The molecule has 1 aliphatic carbocycles. The van der Waals surface area contributed by atoms with Crippen molar-refractivity contribution in [1.29, 1.82) is 0 Å². The van der Waals surface area contributed by atoms with Crippen LogP contribution in [0.15, 0.2) is 29.8 Å². The number of fused-ring (bicyclic) bond motifs is 1. The molecule has 2 aromatic rings. The third kappa shape index (κ3) is 2.06. The largest absolute Gasteiger partial charge is 0.301 e. The maximum atomic E-state index is 13.6. The first-order valence-electron chi connectivity index (χ1n) is 6.18. The van der Waals surface area contributed by atoms with E-state index in [4.69, 9.17) is 0 Å². The van der Waals surface area contributed by atoms with Crippen LogP contribution < -0.4 is 5.32 Å². The van der Waals surface area contributed by atoms with Gasteiger partial charge in [-0.05, 0) is 37.0 Å². The summed E-state index contributed by atoms with van der Waals surface area (Å²) in [6, 6.07) is 5.82. The van der Waals surface area contributed by atoms with Gasteiger partial charge >= 0.3 is 0 Å². The van der Waals surface area contributed by atoms with Crippen molar-refractivity contribution in [3.63, 3.8) is 0 Å². The van der Waals surface area contributed by atoms with E-state index in [2.05, 4.69) is 17.2 Å². The number of rotatable bonds is 3. The van der Waals surface area contributed by atoms with Gasteiger partial charge in [-0.15, -0.1) is 11.3 Å². The first-order chi connectivity index (χ1) is 8.75. The number of hydrogen-bond donors (Lipinski definition) is 1. The van der Waals surface area contributed by atoms with Crippen molar-refractivity contribution in [2.24, 2.45) is 0 Å². The van der Waals surface area contributed by atoms with Crippen LogP contribution in [0.5, 0.6) is 0 Å². The van der Waals surface area contributed by atoms with Crippen LogP contribution in [-0.4, -0.2) is 4.98 Å². The molecule has 2 nitrogen and oxygen atoms in total. The number of benzene rings is 1. The molecule has 0 amide bonds. The lowest BCUT2D eigenvalue weighted by Gasteiger charge is -2.18. The Balaban J connectivity index is 1.79. The third-order valence-electron chi connectivity index (χ3n) is 3.49. The van der Waals surface area contributed by atoms with E-state index in [1.807, 2.05) is 17.6 Å². The van der Waals surface area contributed by atoms with Crippen LogP contribution in [0.2, 0.25) is 0 Å². The molecule has 2 unspecified atom stereocenters. The smallest absolute Gasteiger partial charge is 0.126 e. The first-order valence-corrected chi connectivity index (χ1v) is 7.06. The van der Waals surface area contributed by atoms with Crippen LogP contribution >= 0.6 is 11.3 Å². The number of nitrogens with zero attached hydrogens (tertiary/aromatic N) is 1. The lowest BCUT2D eigenvalue weighted by Crippen LogP contribution is -2.22. The molecule has 0 saturated carbocycles. The second-order valence-electron chi connectivity index (χ2n) is 4.66. The average Bonchev–Trinajstić information content (AvgIpc) is 2.99. The summed E-state index contributed by atoms with van der Waals surface area (Å²) in [5.74, 6) is -0.0706. The molecule has 1 aromatic heterocycles. The van der Waals surface area contributed by atoms with Gasteiger partial charge < -0.3 is 5.32 Å². The summed E-state index contributed by atoms with van der Waals surface area (Å²) in [6.45, 7) is 2.11. The summed E-state index contributed by atoms with van der Waals surface area (Å²) in [6.07, 6.45) is 3.61. The van der Waals surface area contributed by atoms with Crippen molar-refractivity contribution in [2.75, 3.05) is 0 Å². The zero-order valence-corrected chi connectivity index (χ0v) is 11.0. The zero-order valence-electron chi connectivity index (χ0n) is 10.2. The summed E-state index contributed by atoms with van der Waals surface area (Å²) < 4.78 is 13.6. The molecule has 1 aromatic carbocycles. The molecule has 1 N–H and O–H groups in total. The predicted octanol–water partition coefficient (Wildman–Crippen LogP) is 3.62. The van der Waals surface area contributed by atoms with Gasteiger partial charge in [-0.2, -0.15) is 0 Å². The van der Waals surface area contributed by atoms with Crippen LogP contribution in [0.4, 0.5) is 4.39 Å². The number of aromatic nitrogens is 1. The molecular weight excluding hydrogens is 247 g/mol. The van der Waals surface area contributed by atoms with Gasteiger partial charge in [-0.1, -0.05) is 12.1 Å². The van der Waals surface area contributed by atoms with Crippen LogP contribution in [0.1, 0.15) is 41.6 Å². The molecule has 1 heterocycles. The topological polar surface area (TPSA) is 24.9 Å². The highest BCUT2D eigenvalue weighted by molar-refractivity contribution is 7.09. The van der Waals surface area contributed by atoms with Gasteiger partial charge in [0.15, 0.2) is 0 Å². The van der Waals surface area contributed by atoms with Gasteiger partial charge in [0, 0.05) is 17.6 Å². The van der Waals surface area contributed by atoms with E-state index in [1.165, 1.54) is 0 Å². The molecule has 0 fully saturated rings. The van der Waals surface area contributed by atoms with E-state index >= 15 is 0 Å². The normalized spacial score (nSPS) is 19.8. The zero-order chi connectivity index (χ0) is 12.5. The van der Waals surface area contributed by atoms with E-state index in [-0.39, 0.29) is 17.9 Å². The fraction of sp³-hybridized carbons (Fsp3) is 0.357. The Morgan fingerprint density at radius 3 is 3.17 bits per heavy atom. The van der Waals surface area contributed by atoms with Crippen molar-refractivity contribution < 1.29 is 4.39 Å². The molecule has 3 rings (SSSR count). The van der Waals surface area contributed by atoms with Crippen LogP contribution in [0.25, 0.3) is 0 Å². The highest BCUT2D eigenvalue weighted by atomic mass is 32.1. The van der Waals surface area contributed by atoms with E-state index < -0.39 is 0 Å². The molecule has 94 valence electrons. The van der Waals surface area contributed by atoms with Crippen molar-refractivity contribution in [3.8, 4) is 0 Å². The number of hydrogen-bond acceptors (Lipinski definition) is 3. The van der Waals surface area contributed by atoms with Gasteiger partial charge in [0.2, 0.25) is 0 Å². The van der Waals surface area contributed by atoms with Crippen molar-refractivity contribution in [3.05, 3.63) is 51.7 Å². The molecule has 0 radical (unpaired) electrons. The second kappa shape index (κ2) is 4.78. The molecule has 0 spiro atoms. The van der Waals surface area contributed by atoms with Gasteiger partial charge in [-0.3, -0.25) is 0 Å². The van der Waals surface area contributed by atoms with E-state index in [9.17, 15) is 4.39 Å². The third-order valence-corrected chi connectivity index (χ3v) is 4.44. The fourth-order valence-electron chi connectivity index (χ4n) is 2.60. The summed E-state index contributed by atoms with van der Waals surface area (Å²) in [5.41, 5.74) is 1.99. The number of thiazole rings is 1. The van der Waals surface area contributed by atoms with Crippen LogP contribution in [0.3, 0.4) is 0 Å². The van der Waals surface area contributed by atoms with Gasteiger partial charge in [0.1, 0.15) is 10.8 Å². The molecular formula is C14H15FN2S. The van der Waals surface area contributed by atoms with E-state index in [0.29, 0.717) is 0 Å². The van der Waals surface area contributed by atoms with E-state index in [0.717, 1.165) is 29.0 Å². The number of halogens is 1. The maximum absolute atomic E-state index is 13.6. The van der Waals surface area contributed by atoms with Gasteiger partial charge in [-0.25, -0.2) is 9.37 Å². The van der Waals surface area contributed by atoms with Crippen molar-refractivity contribution >= 4 is 11.3 Å². The molecule has 0 saturated heterocycles. The Morgan fingerprint density at radius 1 is 1.50 bits per heavy atom. The van der Waals surface area contributed by atoms with Crippen LogP contribution in [-0.2, 0) is 6.42 Å². The molecule has 1 aliphatic rings. The van der Waals surface area contributed by atoms with Gasteiger partial charge in [0.25, 0.3) is 0 Å². The second-order valence-corrected chi connectivity index (χ2v) is 5.58. The minimum atomic E-state index is -0.0706. The lowest BCUT2D eigenvalue weighted by molar-refractivity contribution is 0.464. The van der Waals surface area contributed by atoms with Gasteiger partial charge in [0.05, 0.1) is 6.04 Å². The SMILES string of the molecule is CC(NC1CCc2c(F)cccc21)c1nccs1. The van der Waals surface area contributed by atoms with Crippen molar-refractivity contribution in [2.45, 2.75) is 31.8 Å². The molecule has 0 bridgehead atoms. The number of nitrogens with one attached hydrogen (secondary N) is 1. The molecule has 4 heteroatoms. The monoisotopic (exact) mass is 262 g/mol.